The summed E-state index contributed by atoms with van der Waals surface area (Å²) >= 11 is 1.57. The molecule has 0 fully saturated rings. The number of hydrogen-bond acceptors (Lipinski definition) is 3. The van der Waals surface area contributed by atoms with Crippen LogP contribution in [-0.4, -0.2) is 17.3 Å². The monoisotopic (exact) mass is 243 g/mol. The van der Waals surface area contributed by atoms with Crippen molar-refractivity contribution in [1.82, 2.24) is 0 Å². The van der Waals surface area contributed by atoms with Gasteiger partial charge in [-0.15, -0.1) is 11.3 Å². The Kier molecular flexibility index (Phi) is 2.12. The van der Waals surface area contributed by atoms with Crippen LogP contribution >= 0.6 is 11.3 Å². The summed E-state index contributed by atoms with van der Waals surface area (Å²) in [5.74, 6) is -0.880. The molecular weight excluding hydrogens is 234 g/mol. The van der Waals surface area contributed by atoms with E-state index < -0.39 is 5.97 Å². The average Bonchev–Trinajstić information content (AvgIpc) is 2.61. The summed E-state index contributed by atoms with van der Waals surface area (Å²) in [6, 6.07) is 1.72. The lowest BCUT2D eigenvalue weighted by Gasteiger charge is -2.06. The van der Waals surface area contributed by atoms with Crippen LogP contribution in [0.3, 0.4) is 0 Å². The predicted molar refractivity (Wildman–Crippen MR) is 70.1 cm³/mol. The molecule has 0 bridgehead atoms. The first kappa shape index (κ1) is 10.2. The Morgan fingerprint density at radius 2 is 2.24 bits per heavy atom. The minimum atomic E-state index is -0.880. The Balaban J connectivity index is 2.49. The lowest BCUT2D eigenvalue weighted by Crippen LogP contribution is -2.00. The minimum absolute atomic E-state index is 0.368. The molecular formula is C13H9NO2S. The summed E-state index contributed by atoms with van der Waals surface area (Å²) in [4.78, 5) is 15.3. The summed E-state index contributed by atoms with van der Waals surface area (Å²) in [5.41, 5.74) is 3.19. The number of carbonyl (C=O) groups is 1. The number of hydrogen-bond donors (Lipinski definition) is 1. The molecule has 1 N–H and O–H groups in total. The molecule has 1 aliphatic rings. The SMILES string of the molecule is Cc1c(C(=O)O)cc2c3c(csc13)C=NC=C2. The normalized spacial score (nSPS) is 13.0. The molecule has 4 heteroatoms. The Morgan fingerprint density at radius 1 is 1.41 bits per heavy atom. The second kappa shape index (κ2) is 3.53. The molecule has 17 heavy (non-hydrogen) atoms. The van der Waals surface area contributed by atoms with Crippen molar-refractivity contribution in [1.29, 1.82) is 0 Å². The van der Waals surface area contributed by atoms with Gasteiger partial charge in [0.15, 0.2) is 0 Å². The summed E-state index contributed by atoms with van der Waals surface area (Å²) in [6.45, 7) is 1.86. The van der Waals surface area contributed by atoms with E-state index in [4.69, 9.17) is 0 Å². The van der Waals surface area contributed by atoms with Gasteiger partial charge in [0.05, 0.1) is 5.56 Å². The third kappa shape index (κ3) is 1.41. The lowest BCUT2D eigenvalue weighted by atomic mass is 9.99. The zero-order valence-electron chi connectivity index (χ0n) is 9.10. The number of aryl methyl sites for hydroxylation is 1. The molecule has 0 amide bonds. The Morgan fingerprint density at radius 3 is 3.00 bits per heavy atom. The standard InChI is InChI=1S/C13H9NO2S/c1-7-10(13(15)16)4-8-2-3-14-5-9-6-17-12(7)11(8)9/h2-6H,1H3,(H,15,16). The van der Waals surface area contributed by atoms with Crippen molar-refractivity contribution in [3.63, 3.8) is 0 Å². The van der Waals surface area contributed by atoms with Crippen molar-refractivity contribution in [2.75, 3.05) is 0 Å². The largest absolute Gasteiger partial charge is 0.478 e. The van der Waals surface area contributed by atoms with Crippen LogP contribution in [0.5, 0.6) is 0 Å². The van der Waals surface area contributed by atoms with Gasteiger partial charge in [0.2, 0.25) is 0 Å². The van der Waals surface area contributed by atoms with Crippen molar-refractivity contribution in [3.05, 3.63) is 39.9 Å². The van der Waals surface area contributed by atoms with Crippen LogP contribution in [0.25, 0.3) is 16.2 Å². The number of nitrogens with zero attached hydrogens (tertiary/aromatic N) is 1. The lowest BCUT2D eigenvalue weighted by molar-refractivity contribution is 0.0696. The molecule has 1 aliphatic heterocycles. The third-order valence-corrected chi connectivity index (χ3v) is 4.05. The van der Waals surface area contributed by atoms with Gasteiger partial charge in [0, 0.05) is 33.4 Å². The number of thiophene rings is 1. The maximum absolute atomic E-state index is 11.2. The first-order valence-electron chi connectivity index (χ1n) is 5.16. The molecule has 0 saturated heterocycles. The number of aliphatic imine (C=N–C) groups is 1. The predicted octanol–water partition coefficient (Wildman–Crippen LogP) is 3.31. The Hall–Kier alpha value is -1.94. The zero-order valence-corrected chi connectivity index (χ0v) is 9.91. The first-order valence-corrected chi connectivity index (χ1v) is 6.04. The Bertz CT molecular complexity index is 695. The van der Waals surface area contributed by atoms with Gasteiger partial charge in [0.25, 0.3) is 0 Å². The van der Waals surface area contributed by atoms with Gasteiger partial charge in [0.1, 0.15) is 0 Å². The number of rotatable bonds is 1. The summed E-state index contributed by atoms with van der Waals surface area (Å²) < 4.78 is 1.04. The molecule has 0 saturated carbocycles. The fourth-order valence-corrected chi connectivity index (χ4v) is 3.16. The van der Waals surface area contributed by atoms with Crippen LogP contribution in [0, 0.1) is 6.92 Å². The fourth-order valence-electron chi connectivity index (χ4n) is 2.10. The number of aromatic carboxylic acids is 1. The van der Waals surface area contributed by atoms with Crippen LogP contribution in [0.2, 0.25) is 0 Å². The van der Waals surface area contributed by atoms with E-state index in [1.165, 1.54) is 0 Å². The Labute approximate surface area is 102 Å². The molecule has 0 aliphatic carbocycles. The molecule has 3 nitrogen and oxygen atoms in total. The quantitative estimate of drug-likeness (QED) is 0.835. The summed E-state index contributed by atoms with van der Waals surface area (Å²) in [7, 11) is 0. The van der Waals surface area contributed by atoms with Crippen molar-refractivity contribution < 1.29 is 9.90 Å². The van der Waals surface area contributed by atoms with Gasteiger partial charge in [-0.1, -0.05) is 0 Å². The van der Waals surface area contributed by atoms with Crippen LogP contribution in [0.1, 0.15) is 27.0 Å². The maximum Gasteiger partial charge on any atom is 0.336 e. The molecule has 1 aromatic heterocycles. The van der Waals surface area contributed by atoms with Gasteiger partial charge < -0.3 is 5.11 Å². The van der Waals surface area contributed by atoms with Crippen molar-refractivity contribution in [2.45, 2.75) is 6.92 Å². The third-order valence-electron chi connectivity index (χ3n) is 2.94. The highest BCUT2D eigenvalue weighted by atomic mass is 32.1. The van der Waals surface area contributed by atoms with Crippen LogP contribution in [-0.2, 0) is 0 Å². The molecule has 84 valence electrons. The van der Waals surface area contributed by atoms with Crippen LogP contribution in [0.15, 0.2) is 22.6 Å². The molecule has 1 aromatic carbocycles. The van der Waals surface area contributed by atoms with Gasteiger partial charge in [-0.25, -0.2) is 4.79 Å². The molecule has 3 rings (SSSR count). The number of benzene rings is 1. The molecule has 0 spiro atoms. The van der Waals surface area contributed by atoms with Crippen LogP contribution in [0.4, 0.5) is 0 Å². The highest BCUT2D eigenvalue weighted by Crippen LogP contribution is 2.34. The topological polar surface area (TPSA) is 49.7 Å². The van der Waals surface area contributed by atoms with E-state index in [0.717, 1.165) is 26.8 Å². The smallest absolute Gasteiger partial charge is 0.336 e. The summed E-state index contributed by atoms with van der Waals surface area (Å²) in [6.07, 6.45) is 5.36. The van der Waals surface area contributed by atoms with E-state index in [9.17, 15) is 9.90 Å². The highest BCUT2D eigenvalue weighted by molar-refractivity contribution is 7.17. The minimum Gasteiger partial charge on any atom is -0.478 e. The van der Waals surface area contributed by atoms with Gasteiger partial charge in [-0.2, -0.15) is 0 Å². The van der Waals surface area contributed by atoms with E-state index in [1.807, 2.05) is 24.6 Å². The van der Waals surface area contributed by atoms with Crippen molar-refractivity contribution in [2.24, 2.45) is 4.99 Å². The second-order valence-corrected chi connectivity index (χ2v) is 4.81. The van der Waals surface area contributed by atoms with Crippen LogP contribution < -0.4 is 0 Å². The zero-order chi connectivity index (χ0) is 12.0. The highest BCUT2D eigenvalue weighted by Gasteiger charge is 2.16. The second-order valence-electron chi connectivity index (χ2n) is 3.93. The first-order chi connectivity index (χ1) is 8.18. The molecule has 0 radical (unpaired) electrons. The van der Waals surface area contributed by atoms with E-state index in [2.05, 4.69) is 4.99 Å². The number of carboxylic acid groups (broad SMARTS) is 1. The van der Waals surface area contributed by atoms with Gasteiger partial charge >= 0.3 is 5.97 Å². The molecule has 2 heterocycles. The van der Waals surface area contributed by atoms with Crippen molar-refractivity contribution >= 4 is 39.7 Å². The molecule has 2 aromatic rings. The average molecular weight is 243 g/mol. The van der Waals surface area contributed by atoms with E-state index in [1.54, 1.807) is 23.6 Å². The van der Waals surface area contributed by atoms with Gasteiger partial charge in [-0.3, -0.25) is 4.99 Å². The molecule has 0 atom stereocenters. The summed E-state index contributed by atoms with van der Waals surface area (Å²) in [5, 5.41) is 12.3. The van der Waals surface area contributed by atoms with E-state index >= 15 is 0 Å². The van der Waals surface area contributed by atoms with E-state index in [-0.39, 0.29) is 0 Å². The fraction of sp³-hybridized carbons (Fsp3) is 0.0769. The van der Waals surface area contributed by atoms with E-state index in [0.29, 0.717) is 5.56 Å². The molecule has 0 unspecified atom stereocenters. The maximum atomic E-state index is 11.2. The van der Waals surface area contributed by atoms with Crippen molar-refractivity contribution in [3.8, 4) is 0 Å². The number of carboxylic acids is 1. The van der Waals surface area contributed by atoms with Gasteiger partial charge in [-0.05, 0) is 30.2 Å².